The Hall–Kier alpha value is -4.09. The van der Waals surface area contributed by atoms with E-state index in [9.17, 15) is 4.79 Å². The first kappa shape index (κ1) is 27.9. The number of methoxy groups -OCH3 is 1. The van der Waals surface area contributed by atoms with Crippen molar-refractivity contribution in [3.05, 3.63) is 68.9 Å². The molecule has 0 amide bonds. The Morgan fingerprint density at radius 1 is 1.10 bits per heavy atom. The minimum absolute atomic E-state index is 0.0790. The maximum absolute atomic E-state index is 13.0. The van der Waals surface area contributed by atoms with Crippen LogP contribution >= 0.6 is 11.3 Å². The van der Waals surface area contributed by atoms with E-state index in [1.165, 1.54) is 11.3 Å². The molecule has 0 saturated heterocycles. The van der Waals surface area contributed by atoms with Crippen molar-refractivity contribution in [2.75, 3.05) is 19.1 Å². The van der Waals surface area contributed by atoms with E-state index in [0.29, 0.717) is 33.5 Å². The number of hydrazone groups is 1. The highest BCUT2D eigenvalue weighted by Crippen LogP contribution is 2.36. The molecule has 0 saturated carbocycles. The van der Waals surface area contributed by atoms with Crippen LogP contribution in [0.4, 0.5) is 5.13 Å². The van der Waals surface area contributed by atoms with Crippen molar-refractivity contribution in [1.82, 2.24) is 4.98 Å². The number of thiazole rings is 1. The van der Waals surface area contributed by atoms with Crippen LogP contribution in [-0.4, -0.2) is 24.9 Å². The first-order chi connectivity index (χ1) is 18.4. The van der Waals surface area contributed by atoms with Crippen LogP contribution in [0, 0.1) is 12.3 Å². The normalized spacial score (nSPS) is 12.1. The first-order valence-electron chi connectivity index (χ1n) is 12.5. The highest BCUT2D eigenvalue weighted by molar-refractivity contribution is 7.14. The minimum Gasteiger partial charge on any atom is -0.493 e. The molecule has 0 bridgehead atoms. The van der Waals surface area contributed by atoms with Gasteiger partial charge in [0.2, 0.25) is 5.13 Å². The van der Waals surface area contributed by atoms with Crippen LogP contribution in [0.1, 0.15) is 58.2 Å². The van der Waals surface area contributed by atoms with Gasteiger partial charge in [0.1, 0.15) is 12.2 Å². The Labute approximate surface area is 232 Å². The van der Waals surface area contributed by atoms with E-state index in [-0.39, 0.29) is 17.4 Å². The molecule has 0 aliphatic heterocycles. The van der Waals surface area contributed by atoms with Gasteiger partial charge in [0.25, 0.3) is 0 Å². The highest BCUT2D eigenvalue weighted by atomic mass is 32.1. The Morgan fingerprint density at radius 3 is 2.54 bits per heavy atom. The summed E-state index contributed by atoms with van der Waals surface area (Å²) < 4.78 is 16.7. The molecule has 0 spiro atoms. The third kappa shape index (κ3) is 6.32. The molecule has 4 rings (SSSR count). The van der Waals surface area contributed by atoms with Crippen LogP contribution in [0.5, 0.6) is 11.5 Å². The zero-order valence-corrected chi connectivity index (χ0v) is 24.2. The summed E-state index contributed by atoms with van der Waals surface area (Å²) in [7, 11) is 1.56. The SMILES string of the molecule is C#CCOc1ccc(/C=N/Nc2nc(-c3cc4c(C(C)(C)C)cc(C(C)(C)C)cc4oc3=O)cs2)cc1OC. The molecule has 0 atom stereocenters. The van der Waals surface area contributed by atoms with Crippen molar-refractivity contribution in [3.63, 3.8) is 0 Å². The van der Waals surface area contributed by atoms with Gasteiger partial charge in [-0.25, -0.2) is 9.78 Å². The van der Waals surface area contributed by atoms with Crippen molar-refractivity contribution >= 4 is 33.7 Å². The fourth-order valence-electron chi connectivity index (χ4n) is 4.06. The molecule has 7 nitrogen and oxygen atoms in total. The molecule has 0 fully saturated rings. The van der Waals surface area contributed by atoms with Crippen LogP contribution in [0.3, 0.4) is 0 Å². The standard InChI is InChI=1S/C31H33N3O4S/c1-9-12-37-25-11-10-19(13-27(25)36-8)17-32-34-29-33-24(18-39-29)22-16-21-23(31(5,6)7)14-20(30(2,3)4)15-26(21)38-28(22)35/h1,10-11,13-18H,12H2,2-8H3,(H,33,34)/b32-17+. The molecule has 4 aromatic rings. The topological polar surface area (TPSA) is 86.0 Å². The summed E-state index contributed by atoms with van der Waals surface area (Å²) in [5.41, 5.74) is 6.87. The van der Waals surface area contributed by atoms with Gasteiger partial charge in [-0.15, -0.1) is 17.8 Å². The molecule has 2 heterocycles. The second-order valence-electron chi connectivity index (χ2n) is 11.2. The van der Waals surface area contributed by atoms with E-state index in [2.05, 4.69) is 69.0 Å². The smallest absolute Gasteiger partial charge is 0.345 e. The van der Waals surface area contributed by atoms with E-state index < -0.39 is 5.63 Å². The van der Waals surface area contributed by atoms with Crippen molar-refractivity contribution < 1.29 is 13.9 Å². The highest BCUT2D eigenvalue weighted by Gasteiger charge is 2.24. The van der Waals surface area contributed by atoms with Crippen molar-refractivity contribution in [2.24, 2.45) is 5.10 Å². The van der Waals surface area contributed by atoms with Crippen LogP contribution < -0.4 is 20.5 Å². The van der Waals surface area contributed by atoms with Gasteiger partial charge in [-0.1, -0.05) is 53.5 Å². The lowest BCUT2D eigenvalue weighted by Crippen LogP contribution is -2.17. The second kappa shape index (κ2) is 11.0. The van der Waals surface area contributed by atoms with Crippen molar-refractivity contribution in [1.29, 1.82) is 0 Å². The number of rotatable bonds is 7. The van der Waals surface area contributed by atoms with E-state index in [1.807, 2.05) is 23.6 Å². The third-order valence-electron chi connectivity index (χ3n) is 6.18. The van der Waals surface area contributed by atoms with E-state index >= 15 is 0 Å². The predicted octanol–water partition coefficient (Wildman–Crippen LogP) is 6.98. The lowest BCUT2D eigenvalue weighted by atomic mass is 9.79. The summed E-state index contributed by atoms with van der Waals surface area (Å²) >= 11 is 1.35. The molecular formula is C31H33N3O4S. The van der Waals surface area contributed by atoms with Gasteiger partial charge in [0.05, 0.1) is 24.6 Å². The summed E-state index contributed by atoms with van der Waals surface area (Å²) in [5, 5.41) is 7.55. The zero-order chi connectivity index (χ0) is 28.4. The number of benzene rings is 2. The molecule has 39 heavy (non-hydrogen) atoms. The fourth-order valence-corrected chi connectivity index (χ4v) is 4.72. The molecular weight excluding hydrogens is 510 g/mol. The quantitative estimate of drug-likeness (QED) is 0.117. The molecule has 1 N–H and O–H groups in total. The summed E-state index contributed by atoms with van der Waals surface area (Å²) in [6.07, 6.45) is 6.90. The van der Waals surface area contributed by atoms with Gasteiger partial charge in [-0.05, 0) is 57.9 Å². The van der Waals surface area contributed by atoms with Gasteiger partial charge in [0.15, 0.2) is 11.5 Å². The average molecular weight is 544 g/mol. The molecule has 0 aliphatic rings. The maximum Gasteiger partial charge on any atom is 0.345 e. The number of hydrogen-bond donors (Lipinski definition) is 1. The van der Waals surface area contributed by atoms with E-state index in [0.717, 1.165) is 22.1 Å². The monoisotopic (exact) mass is 543 g/mol. The van der Waals surface area contributed by atoms with Gasteiger partial charge in [-0.2, -0.15) is 5.10 Å². The zero-order valence-electron chi connectivity index (χ0n) is 23.3. The van der Waals surface area contributed by atoms with Crippen LogP contribution in [-0.2, 0) is 10.8 Å². The largest absolute Gasteiger partial charge is 0.493 e. The fraction of sp³-hybridized carbons (Fsp3) is 0.323. The first-order valence-corrected chi connectivity index (χ1v) is 13.4. The number of fused-ring (bicyclic) bond motifs is 1. The van der Waals surface area contributed by atoms with Gasteiger partial charge in [0, 0.05) is 10.8 Å². The van der Waals surface area contributed by atoms with Crippen LogP contribution in [0.15, 0.2) is 56.1 Å². The molecule has 2 aromatic carbocycles. The molecule has 0 radical (unpaired) electrons. The van der Waals surface area contributed by atoms with Crippen LogP contribution in [0.25, 0.3) is 22.2 Å². The van der Waals surface area contributed by atoms with Gasteiger partial charge >= 0.3 is 5.63 Å². The summed E-state index contributed by atoms with van der Waals surface area (Å²) in [4.78, 5) is 17.6. The Morgan fingerprint density at radius 2 is 1.87 bits per heavy atom. The minimum atomic E-state index is -0.423. The lowest BCUT2D eigenvalue weighted by molar-refractivity contribution is 0.331. The van der Waals surface area contributed by atoms with Crippen molar-refractivity contribution in [2.45, 2.75) is 52.4 Å². The number of hydrogen-bond acceptors (Lipinski definition) is 8. The Kier molecular flexibility index (Phi) is 7.84. The Balaban J connectivity index is 1.61. The molecule has 202 valence electrons. The predicted molar refractivity (Wildman–Crippen MR) is 160 cm³/mol. The maximum atomic E-state index is 13.0. The van der Waals surface area contributed by atoms with E-state index in [4.69, 9.17) is 20.3 Å². The van der Waals surface area contributed by atoms with Gasteiger partial charge in [-0.3, -0.25) is 5.43 Å². The second-order valence-corrected chi connectivity index (χ2v) is 12.1. The lowest BCUT2D eigenvalue weighted by Gasteiger charge is -2.26. The molecule has 8 heteroatoms. The van der Waals surface area contributed by atoms with Gasteiger partial charge < -0.3 is 13.9 Å². The number of aromatic nitrogens is 1. The number of ether oxygens (including phenoxy) is 2. The molecule has 2 aromatic heterocycles. The molecule has 0 unspecified atom stereocenters. The van der Waals surface area contributed by atoms with Crippen molar-refractivity contribution in [3.8, 4) is 35.1 Å². The summed E-state index contributed by atoms with van der Waals surface area (Å²) in [6.45, 7) is 13.1. The Bertz CT molecular complexity index is 1630. The number of nitrogens with one attached hydrogen (secondary N) is 1. The summed E-state index contributed by atoms with van der Waals surface area (Å²) in [5.74, 6) is 3.54. The molecule has 0 aliphatic carbocycles. The number of anilines is 1. The average Bonchev–Trinajstić information content (AvgIpc) is 3.34. The van der Waals surface area contributed by atoms with Crippen LogP contribution in [0.2, 0.25) is 0 Å². The van der Waals surface area contributed by atoms with E-state index in [1.54, 1.807) is 25.5 Å². The number of terminal acetylenes is 1. The third-order valence-corrected chi connectivity index (χ3v) is 6.93. The summed E-state index contributed by atoms with van der Waals surface area (Å²) in [6, 6.07) is 11.5. The number of nitrogens with zero attached hydrogens (tertiary/aromatic N) is 2.